The molecule has 1 aromatic carbocycles. The number of H-pyrrole nitrogens is 1. The highest BCUT2D eigenvalue weighted by atomic mass is 32.1. The van der Waals surface area contributed by atoms with Crippen molar-refractivity contribution in [3.05, 3.63) is 46.6 Å². The van der Waals surface area contributed by atoms with Crippen LogP contribution in [0.25, 0.3) is 10.9 Å². The van der Waals surface area contributed by atoms with E-state index in [1.54, 1.807) is 0 Å². The summed E-state index contributed by atoms with van der Waals surface area (Å²) in [5.41, 5.74) is 2.57. The maximum Gasteiger partial charge on any atom is 0.270 e. The molecule has 7 nitrogen and oxygen atoms in total. The minimum atomic E-state index is 0.000501. The second-order valence-electron chi connectivity index (χ2n) is 7.65. The fourth-order valence-corrected chi connectivity index (χ4v) is 5.10. The maximum absolute atomic E-state index is 13.0. The summed E-state index contributed by atoms with van der Waals surface area (Å²) in [4.78, 5) is 36.2. The van der Waals surface area contributed by atoms with Crippen molar-refractivity contribution in [2.24, 2.45) is 5.92 Å². The average Bonchev–Trinajstić information content (AvgIpc) is 3.36. The Hall–Kier alpha value is -2.71. The van der Waals surface area contributed by atoms with Gasteiger partial charge in [0.1, 0.15) is 5.69 Å². The summed E-state index contributed by atoms with van der Waals surface area (Å²) < 4.78 is 0. The maximum atomic E-state index is 13.0. The third-order valence-electron chi connectivity index (χ3n) is 5.72. The number of hydrogen-bond donors (Lipinski definition) is 3. The van der Waals surface area contributed by atoms with Gasteiger partial charge in [0.25, 0.3) is 5.91 Å². The Morgan fingerprint density at radius 1 is 1.21 bits per heavy atom. The number of fused-ring (bicyclic) bond motifs is 2. The number of amides is 2. The molecule has 1 fully saturated rings. The van der Waals surface area contributed by atoms with Gasteiger partial charge in [-0.1, -0.05) is 29.5 Å². The number of carbonyl (C=O) groups excluding carboxylic acids is 2. The third kappa shape index (κ3) is 3.65. The molecule has 2 amide bonds. The minimum absolute atomic E-state index is 0.000501. The van der Waals surface area contributed by atoms with Crippen LogP contribution in [-0.4, -0.2) is 46.3 Å². The zero-order valence-corrected chi connectivity index (χ0v) is 16.8. The number of thiazole rings is 1. The lowest BCUT2D eigenvalue weighted by Gasteiger charge is -2.25. The van der Waals surface area contributed by atoms with Crippen LogP contribution in [0.1, 0.15) is 33.9 Å². The molecular formula is C21H23N5O2S. The highest BCUT2D eigenvalue weighted by Gasteiger charge is 2.27. The van der Waals surface area contributed by atoms with Crippen LogP contribution < -0.4 is 10.6 Å². The first-order valence-electron chi connectivity index (χ1n) is 10.0. The number of para-hydroxylation sites is 1. The Bertz CT molecular complexity index is 1030. The first-order chi connectivity index (χ1) is 14.2. The Labute approximate surface area is 172 Å². The lowest BCUT2D eigenvalue weighted by atomic mass is 9.97. The SMILES string of the molecule is O=C(Nc1nc2c(s1)CN(C(=O)c1cc3ccccc3[nH]1)CC2)C1CCNCC1. The highest BCUT2D eigenvalue weighted by molar-refractivity contribution is 7.15. The number of carbonyl (C=O) groups is 2. The van der Waals surface area contributed by atoms with Crippen molar-refractivity contribution in [1.82, 2.24) is 20.2 Å². The van der Waals surface area contributed by atoms with Crippen LogP contribution in [0.4, 0.5) is 5.13 Å². The summed E-state index contributed by atoms with van der Waals surface area (Å²) in [6.45, 7) is 2.94. The molecule has 0 bridgehead atoms. The molecule has 0 radical (unpaired) electrons. The van der Waals surface area contributed by atoms with Gasteiger partial charge < -0.3 is 20.5 Å². The van der Waals surface area contributed by atoms with E-state index in [1.165, 1.54) is 11.3 Å². The second kappa shape index (κ2) is 7.61. The number of nitrogens with one attached hydrogen (secondary N) is 3. The van der Waals surface area contributed by atoms with Crippen molar-refractivity contribution in [1.29, 1.82) is 0 Å². The average molecular weight is 410 g/mol. The molecular weight excluding hydrogens is 386 g/mol. The Balaban J connectivity index is 1.28. The number of benzene rings is 1. The number of anilines is 1. The molecule has 0 atom stereocenters. The topological polar surface area (TPSA) is 90.1 Å². The van der Waals surface area contributed by atoms with Crippen LogP contribution in [0.5, 0.6) is 0 Å². The molecule has 3 aromatic rings. The van der Waals surface area contributed by atoms with Gasteiger partial charge >= 0.3 is 0 Å². The fourth-order valence-electron chi connectivity index (χ4n) is 4.07. The molecule has 0 saturated carbocycles. The van der Waals surface area contributed by atoms with Gasteiger partial charge in [0.2, 0.25) is 5.91 Å². The first kappa shape index (κ1) is 18.3. The van der Waals surface area contributed by atoms with Gasteiger partial charge in [0, 0.05) is 34.7 Å². The summed E-state index contributed by atoms with van der Waals surface area (Å²) in [6, 6.07) is 9.80. The van der Waals surface area contributed by atoms with E-state index in [2.05, 4.69) is 20.6 Å². The number of aromatic amines is 1. The number of piperidine rings is 1. The van der Waals surface area contributed by atoms with E-state index in [9.17, 15) is 9.59 Å². The van der Waals surface area contributed by atoms with E-state index in [-0.39, 0.29) is 17.7 Å². The van der Waals surface area contributed by atoms with Gasteiger partial charge in [0.15, 0.2) is 5.13 Å². The van der Waals surface area contributed by atoms with Gasteiger partial charge in [-0.2, -0.15) is 0 Å². The normalized spacial score (nSPS) is 17.3. The largest absolute Gasteiger partial charge is 0.351 e. The van der Waals surface area contributed by atoms with Crippen LogP contribution in [0, 0.1) is 5.92 Å². The van der Waals surface area contributed by atoms with Crippen LogP contribution >= 0.6 is 11.3 Å². The van der Waals surface area contributed by atoms with Crippen molar-refractivity contribution in [3.8, 4) is 0 Å². The monoisotopic (exact) mass is 409 g/mol. The van der Waals surface area contributed by atoms with Crippen molar-refractivity contribution in [3.63, 3.8) is 0 Å². The molecule has 3 N–H and O–H groups in total. The molecule has 2 aliphatic heterocycles. The van der Waals surface area contributed by atoms with E-state index in [1.807, 2.05) is 35.2 Å². The zero-order valence-electron chi connectivity index (χ0n) is 16.0. The quantitative estimate of drug-likeness (QED) is 0.620. The van der Waals surface area contributed by atoms with Gasteiger partial charge in [-0.05, 0) is 38.1 Å². The van der Waals surface area contributed by atoms with Crippen LogP contribution in [0.2, 0.25) is 0 Å². The summed E-state index contributed by atoms with van der Waals surface area (Å²) in [7, 11) is 0. The van der Waals surface area contributed by atoms with Gasteiger partial charge in [-0.3, -0.25) is 9.59 Å². The summed E-state index contributed by atoms with van der Waals surface area (Å²) >= 11 is 1.49. The van der Waals surface area contributed by atoms with E-state index in [0.29, 0.717) is 30.3 Å². The minimum Gasteiger partial charge on any atom is -0.351 e. The summed E-state index contributed by atoms with van der Waals surface area (Å²) in [6.07, 6.45) is 2.44. The molecule has 1 saturated heterocycles. The lowest BCUT2D eigenvalue weighted by Crippen LogP contribution is -2.35. The van der Waals surface area contributed by atoms with Crippen LogP contribution in [0.15, 0.2) is 30.3 Å². The Kier molecular flexibility index (Phi) is 4.81. The number of rotatable bonds is 3. The zero-order chi connectivity index (χ0) is 19.8. The Morgan fingerprint density at radius 3 is 2.86 bits per heavy atom. The number of aromatic nitrogens is 2. The second-order valence-corrected chi connectivity index (χ2v) is 8.73. The van der Waals surface area contributed by atoms with Gasteiger partial charge in [-0.15, -0.1) is 0 Å². The van der Waals surface area contributed by atoms with Crippen LogP contribution in [0.3, 0.4) is 0 Å². The van der Waals surface area contributed by atoms with Crippen molar-refractivity contribution in [2.75, 3.05) is 25.0 Å². The molecule has 2 aromatic heterocycles. The van der Waals surface area contributed by atoms with Crippen molar-refractivity contribution in [2.45, 2.75) is 25.8 Å². The summed E-state index contributed by atoms with van der Waals surface area (Å²) in [5, 5.41) is 7.96. The molecule has 150 valence electrons. The van der Waals surface area contributed by atoms with E-state index in [0.717, 1.165) is 47.4 Å². The molecule has 0 aliphatic carbocycles. The molecule has 0 spiro atoms. The number of hydrogen-bond acceptors (Lipinski definition) is 5. The highest BCUT2D eigenvalue weighted by Crippen LogP contribution is 2.30. The van der Waals surface area contributed by atoms with Crippen LogP contribution in [-0.2, 0) is 17.8 Å². The predicted molar refractivity (Wildman–Crippen MR) is 113 cm³/mol. The first-order valence-corrected chi connectivity index (χ1v) is 10.9. The van der Waals surface area contributed by atoms with E-state index < -0.39 is 0 Å². The smallest absolute Gasteiger partial charge is 0.270 e. The standard InChI is InChI=1S/C21H23N5O2S/c27-19(13-5-8-22-9-6-13)25-21-24-16-7-10-26(12-18(16)29-21)20(28)17-11-14-3-1-2-4-15(14)23-17/h1-4,11,13,22-23H,5-10,12H2,(H,24,25,27). The molecule has 8 heteroatoms. The van der Waals surface area contributed by atoms with E-state index >= 15 is 0 Å². The molecule has 0 unspecified atom stereocenters. The third-order valence-corrected chi connectivity index (χ3v) is 6.72. The Morgan fingerprint density at radius 2 is 2.03 bits per heavy atom. The van der Waals surface area contributed by atoms with Crippen molar-refractivity contribution >= 4 is 39.2 Å². The molecule has 4 heterocycles. The molecule has 2 aliphatic rings. The van der Waals surface area contributed by atoms with Crippen molar-refractivity contribution < 1.29 is 9.59 Å². The summed E-state index contributed by atoms with van der Waals surface area (Å²) in [5.74, 6) is 0.112. The number of nitrogens with zero attached hydrogens (tertiary/aromatic N) is 2. The van der Waals surface area contributed by atoms with Gasteiger partial charge in [-0.25, -0.2) is 4.98 Å². The lowest BCUT2D eigenvalue weighted by molar-refractivity contribution is -0.120. The molecule has 5 rings (SSSR count). The predicted octanol–water partition coefficient (Wildman–Crippen LogP) is 2.76. The van der Waals surface area contributed by atoms with Gasteiger partial charge in [0.05, 0.1) is 12.2 Å². The van der Waals surface area contributed by atoms with E-state index in [4.69, 9.17) is 0 Å². The molecule has 29 heavy (non-hydrogen) atoms. The fraction of sp³-hybridized carbons (Fsp3) is 0.381.